The molecule has 0 aromatic heterocycles. The second-order valence-electron chi connectivity index (χ2n) is 7.41. The lowest BCUT2D eigenvalue weighted by Crippen LogP contribution is -2.39. The number of amides is 1. The van der Waals surface area contributed by atoms with Crippen LogP contribution in [-0.2, 0) is 14.8 Å². The number of carbonyl (C=O) groups is 1. The molecular formula is C25H26BrN3O7S. The Morgan fingerprint density at radius 1 is 0.892 bits per heavy atom. The number of benzene rings is 3. The fraction of sp³-hybridized carbons (Fsp3) is 0.200. The van der Waals surface area contributed by atoms with Gasteiger partial charge in [-0.3, -0.25) is 9.10 Å². The number of hydrogen-bond acceptors (Lipinski definition) is 8. The lowest BCUT2D eigenvalue weighted by Gasteiger charge is -2.24. The second kappa shape index (κ2) is 12.5. The van der Waals surface area contributed by atoms with Crippen LogP contribution in [0.25, 0.3) is 0 Å². The maximum atomic E-state index is 13.7. The van der Waals surface area contributed by atoms with Crippen molar-refractivity contribution in [3.63, 3.8) is 0 Å². The second-order valence-corrected chi connectivity index (χ2v) is 10.2. The van der Waals surface area contributed by atoms with E-state index in [4.69, 9.17) is 18.9 Å². The Morgan fingerprint density at radius 2 is 1.54 bits per heavy atom. The number of carbonyl (C=O) groups excluding carboxylic acids is 1. The summed E-state index contributed by atoms with van der Waals surface area (Å²) in [6, 6.07) is 15.8. The summed E-state index contributed by atoms with van der Waals surface area (Å²) in [4.78, 5) is 12.7. The fourth-order valence-corrected chi connectivity index (χ4v) is 5.13. The van der Waals surface area contributed by atoms with Gasteiger partial charge in [0.2, 0.25) is 0 Å². The summed E-state index contributed by atoms with van der Waals surface area (Å²) in [5, 5.41) is 3.97. The minimum atomic E-state index is -4.20. The fourth-order valence-electron chi connectivity index (χ4n) is 3.31. The lowest BCUT2D eigenvalue weighted by atomic mass is 10.2. The highest BCUT2D eigenvalue weighted by molar-refractivity contribution is 9.10. The van der Waals surface area contributed by atoms with Crippen molar-refractivity contribution in [2.24, 2.45) is 5.10 Å². The number of ether oxygens (including phenoxy) is 4. The summed E-state index contributed by atoms with van der Waals surface area (Å²) in [6.07, 6.45) is 1.40. The summed E-state index contributed by atoms with van der Waals surface area (Å²) < 4.78 is 50.0. The molecule has 10 nitrogen and oxygen atoms in total. The number of methoxy groups -OCH3 is 4. The summed E-state index contributed by atoms with van der Waals surface area (Å²) in [6.45, 7) is -0.546. The van der Waals surface area contributed by atoms with Gasteiger partial charge in [0.1, 0.15) is 18.0 Å². The van der Waals surface area contributed by atoms with Gasteiger partial charge in [0, 0.05) is 16.1 Å². The van der Waals surface area contributed by atoms with E-state index in [1.54, 1.807) is 42.5 Å². The first-order valence-electron chi connectivity index (χ1n) is 10.8. The Morgan fingerprint density at radius 3 is 2.16 bits per heavy atom. The smallest absolute Gasteiger partial charge is 0.264 e. The van der Waals surface area contributed by atoms with Crippen LogP contribution in [0.5, 0.6) is 23.0 Å². The number of hydrogen-bond donors (Lipinski definition) is 1. The number of anilines is 1. The summed E-state index contributed by atoms with van der Waals surface area (Å²) >= 11 is 3.37. The molecule has 0 unspecified atom stereocenters. The van der Waals surface area contributed by atoms with Gasteiger partial charge in [0.05, 0.1) is 45.2 Å². The summed E-state index contributed by atoms with van der Waals surface area (Å²) in [7, 11) is 1.67. The molecule has 0 aliphatic rings. The molecule has 196 valence electrons. The van der Waals surface area contributed by atoms with E-state index in [0.717, 1.165) is 8.78 Å². The third-order valence-electron chi connectivity index (χ3n) is 5.18. The van der Waals surface area contributed by atoms with Crippen LogP contribution in [-0.4, -0.2) is 55.5 Å². The predicted molar refractivity (Wildman–Crippen MR) is 144 cm³/mol. The number of nitrogens with one attached hydrogen (secondary N) is 1. The zero-order chi connectivity index (χ0) is 27.0. The van der Waals surface area contributed by atoms with Gasteiger partial charge in [-0.1, -0.05) is 15.9 Å². The van der Waals surface area contributed by atoms with E-state index in [2.05, 4.69) is 26.5 Å². The average molecular weight is 592 g/mol. The third-order valence-corrected chi connectivity index (χ3v) is 7.44. The molecular weight excluding hydrogens is 566 g/mol. The minimum Gasteiger partial charge on any atom is -0.497 e. The first kappa shape index (κ1) is 27.8. The molecule has 0 bridgehead atoms. The van der Waals surface area contributed by atoms with Gasteiger partial charge >= 0.3 is 0 Å². The van der Waals surface area contributed by atoms with Crippen molar-refractivity contribution in [1.29, 1.82) is 0 Å². The first-order chi connectivity index (χ1) is 17.7. The molecule has 0 fully saturated rings. The number of halogens is 1. The van der Waals surface area contributed by atoms with Gasteiger partial charge < -0.3 is 18.9 Å². The summed E-state index contributed by atoms with van der Waals surface area (Å²) in [5.41, 5.74) is 3.24. The van der Waals surface area contributed by atoms with E-state index in [1.807, 2.05) is 0 Å². The van der Waals surface area contributed by atoms with Gasteiger partial charge in [-0.25, -0.2) is 13.8 Å². The Bertz CT molecular complexity index is 1380. The number of rotatable bonds is 11. The maximum absolute atomic E-state index is 13.7. The monoisotopic (exact) mass is 591 g/mol. The third kappa shape index (κ3) is 6.71. The molecule has 37 heavy (non-hydrogen) atoms. The molecule has 12 heteroatoms. The van der Waals surface area contributed by atoms with Crippen LogP contribution in [0.4, 0.5) is 5.69 Å². The van der Waals surface area contributed by atoms with E-state index < -0.39 is 22.5 Å². The van der Waals surface area contributed by atoms with Gasteiger partial charge in [-0.05, 0) is 54.6 Å². The Hall–Kier alpha value is -3.77. The highest BCUT2D eigenvalue weighted by atomic mass is 79.9. The standard InChI is InChI=1S/C25H26BrN3O7S/c1-33-20-8-6-19(7-9-20)29(37(31,32)21-10-12-23(35-3)24(14-21)36-4)16-25(30)28-27-15-17-13-18(26)5-11-22(17)34-2/h5-15H,16H2,1-4H3,(H,28,30)/b27-15-. The van der Waals surface area contributed by atoms with Crippen LogP contribution in [0.3, 0.4) is 0 Å². The van der Waals surface area contributed by atoms with Gasteiger partial charge in [-0.15, -0.1) is 0 Å². The normalized spacial score (nSPS) is 11.2. The Balaban J connectivity index is 1.91. The lowest BCUT2D eigenvalue weighted by molar-refractivity contribution is -0.119. The topological polar surface area (TPSA) is 116 Å². The molecule has 0 radical (unpaired) electrons. The van der Waals surface area contributed by atoms with Crippen LogP contribution in [0, 0.1) is 0 Å². The molecule has 0 heterocycles. The molecule has 3 aromatic rings. The molecule has 3 rings (SSSR count). The van der Waals surface area contributed by atoms with Crippen LogP contribution in [0.1, 0.15) is 5.56 Å². The molecule has 1 N–H and O–H groups in total. The van der Waals surface area contributed by atoms with E-state index in [0.29, 0.717) is 22.8 Å². The van der Waals surface area contributed by atoms with Gasteiger partial charge in [0.15, 0.2) is 11.5 Å². The van der Waals surface area contributed by atoms with Crippen molar-refractivity contribution in [1.82, 2.24) is 5.43 Å². The molecule has 0 saturated carbocycles. The van der Waals surface area contributed by atoms with Crippen molar-refractivity contribution in [2.45, 2.75) is 4.90 Å². The highest BCUT2D eigenvalue weighted by Gasteiger charge is 2.28. The first-order valence-corrected chi connectivity index (χ1v) is 13.0. The Labute approximate surface area is 224 Å². The molecule has 0 aliphatic carbocycles. The van der Waals surface area contributed by atoms with E-state index in [-0.39, 0.29) is 16.3 Å². The highest BCUT2D eigenvalue weighted by Crippen LogP contribution is 2.32. The van der Waals surface area contributed by atoms with Crippen LogP contribution in [0.15, 0.2) is 75.1 Å². The van der Waals surface area contributed by atoms with E-state index >= 15 is 0 Å². The van der Waals surface area contributed by atoms with Crippen molar-refractivity contribution in [3.05, 3.63) is 70.7 Å². The SMILES string of the molecule is COc1ccc(N(CC(=O)N/N=C\c2cc(Br)ccc2OC)S(=O)(=O)c2ccc(OC)c(OC)c2)cc1. The zero-order valence-corrected chi connectivity index (χ0v) is 23.0. The van der Waals surface area contributed by atoms with Crippen LogP contribution in [0.2, 0.25) is 0 Å². The van der Waals surface area contributed by atoms with Crippen molar-refractivity contribution >= 4 is 43.8 Å². The Kier molecular flexibility index (Phi) is 9.36. The molecule has 3 aromatic carbocycles. The predicted octanol–water partition coefficient (Wildman–Crippen LogP) is 3.83. The maximum Gasteiger partial charge on any atom is 0.264 e. The molecule has 1 amide bonds. The zero-order valence-electron chi connectivity index (χ0n) is 20.6. The van der Waals surface area contributed by atoms with Crippen molar-refractivity contribution < 1.29 is 32.2 Å². The molecule has 0 saturated heterocycles. The minimum absolute atomic E-state index is 0.0869. The number of sulfonamides is 1. The molecule has 0 aliphatic heterocycles. The number of hydrazone groups is 1. The summed E-state index contributed by atoms with van der Waals surface area (Å²) in [5.74, 6) is 1.02. The van der Waals surface area contributed by atoms with Gasteiger partial charge in [0.25, 0.3) is 15.9 Å². The van der Waals surface area contributed by atoms with E-state index in [1.165, 1.54) is 52.9 Å². The van der Waals surface area contributed by atoms with Crippen molar-refractivity contribution in [3.8, 4) is 23.0 Å². The van der Waals surface area contributed by atoms with Crippen molar-refractivity contribution in [2.75, 3.05) is 39.3 Å². The molecule has 0 spiro atoms. The van der Waals surface area contributed by atoms with Crippen LogP contribution >= 0.6 is 15.9 Å². The molecule has 0 atom stereocenters. The quantitative estimate of drug-likeness (QED) is 0.266. The van der Waals surface area contributed by atoms with Crippen LogP contribution < -0.4 is 28.7 Å². The van der Waals surface area contributed by atoms with Gasteiger partial charge in [-0.2, -0.15) is 5.10 Å². The number of nitrogens with zero attached hydrogens (tertiary/aromatic N) is 2. The largest absolute Gasteiger partial charge is 0.497 e. The average Bonchev–Trinajstić information content (AvgIpc) is 2.91. The van der Waals surface area contributed by atoms with E-state index in [9.17, 15) is 13.2 Å².